The second-order valence-electron chi connectivity index (χ2n) is 6.59. The van der Waals surface area contributed by atoms with Crippen molar-refractivity contribution >= 4 is 11.8 Å². The van der Waals surface area contributed by atoms with Crippen LogP contribution >= 0.6 is 0 Å². The number of carbonyl (C=O) groups is 2. The molecule has 0 spiro atoms. The van der Waals surface area contributed by atoms with E-state index >= 15 is 0 Å². The van der Waals surface area contributed by atoms with Crippen LogP contribution < -0.4 is 5.73 Å². The summed E-state index contributed by atoms with van der Waals surface area (Å²) in [6.45, 7) is 0.876. The molecule has 136 valence electrons. The highest BCUT2D eigenvalue weighted by Gasteiger charge is 2.57. The van der Waals surface area contributed by atoms with Crippen molar-refractivity contribution in [3.8, 4) is 0 Å². The Morgan fingerprint density at radius 1 is 1.32 bits per heavy atom. The van der Waals surface area contributed by atoms with Crippen molar-refractivity contribution in [2.45, 2.75) is 31.5 Å². The molecule has 1 aromatic carbocycles. The fourth-order valence-electron chi connectivity index (χ4n) is 3.16. The minimum absolute atomic E-state index is 0.240. The van der Waals surface area contributed by atoms with Crippen LogP contribution in [0.15, 0.2) is 24.3 Å². The number of benzene rings is 1. The summed E-state index contributed by atoms with van der Waals surface area (Å²) in [5, 5.41) is 0. The molecule has 1 aromatic rings. The molecule has 1 aliphatic heterocycles. The first kappa shape index (κ1) is 17.7. The molecule has 2 N–H and O–H groups in total. The van der Waals surface area contributed by atoms with E-state index in [0.717, 1.165) is 12.1 Å². The summed E-state index contributed by atoms with van der Waals surface area (Å²) in [6, 6.07) is 5.07. The van der Waals surface area contributed by atoms with E-state index in [1.54, 1.807) is 11.0 Å². The third-order valence-electron chi connectivity index (χ3n) is 4.77. The van der Waals surface area contributed by atoms with Crippen molar-refractivity contribution < 1.29 is 27.5 Å². The largest absolute Gasteiger partial charge is 0.416 e. The maximum absolute atomic E-state index is 12.8. The second kappa shape index (κ2) is 6.33. The van der Waals surface area contributed by atoms with Crippen LogP contribution in [-0.2, 0) is 26.9 Å². The first-order valence-electron chi connectivity index (χ1n) is 8.09. The van der Waals surface area contributed by atoms with Gasteiger partial charge in [-0.15, -0.1) is 0 Å². The Morgan fingerprint density at radius 2 is 2.04 bits per heavy atom. The van der Waals surface area contributed by atoms with Gasteiger partial charge in [0, 0.05) is 19.5 Å². The Labute approximate surface area is 142 Å². The zero-order valence-corrected chi connectivity index (χ0v) is 13.5. The zero-order valence-electron chi connectivity index (χ0n) is 13.5. The first-order valence-corrected chi connectivity index (χ1v) is 8.09. The molecule has 2 amide bonds. The lowest BCUT2D eigenvalue weighted by atomic mass is 10.0. The fourth-order valence-corrected chi connectivity index (χ4v) is 3.16. The smallest absolute Gasteiger partial charge is 0.374 e. The maximum atomic E-state index is 12.8. The Balaban J connectivity index is 1.66. The van der Waals surface area contributed by atoms with Crippen LogP contribution in [0.2, 0.25) is 0 Å². The zero-order chi connectivity index (χ0) is 18.2. The maximum Gasteiger partial charge on any atom is 0.416 e. The predicted octanol–water partition coefficient (Wildman–Crippen LogP) is 1.74. The van der Waals surface area contributed by atoms with Gasteiger partial charge in [-0.25, -0.2) is 0 Å². The number of nitrogens with zero attached hydrogens (tertiary/aromatic N) is 1. The molecule has 2 fully saturated rings. The number of nitrogens with two attached hydrogens (primary N) is 1. The van der Waals surface area contributed by atoms with E-state index in [4.69, 9.17) is 10.5 Å². The van der Waals surface area contributed by atoms with E-state index in [9.17, 15) is 22.8 Å². The van der Waals surface area contributed by atoms with Crippen LogP contribution in [0.1, 0.15) is 24.0 Å². The van der Waals surface area contributed by atoms with E-state index in [1.165, 1.54) is 6.07 Å². The first-order chi connectivity index (χ1) is 11.7. The Kier molecular flexibility index (Phi) is 4.49. The van der Waals surface area contributed by atoms with E-state index in [0.29, 0.717) is 24.9 Å². The molecule has 0 aromatic heterocycles. The Bertz CT molecular complexity index is 686. The molecule has 1 heterocycles. The van der Waals surface area contributed by atoms with Crippen molar-refractivity contribution in [3.05, 3.63) is 35.4 Å². The van der Waals surface area contributed by atoms with Crippen molar-refractivity contribution in [1.29, 1.82) is 0 Å². The van der Waals surface area contributed by atoms with Gasteiger partial charge in [-0.3, -0.25) is 9.59 Å². The number of morpholine rings is 1. The normalized spacial score (nSPS) is 22.5. The summed E-state index contributed by atoms with van der Waals surface area (Å²) in [6.07, 6.45) is -3.64. The molecule has 5 nitrogen and oxygen atoms in total. The molecule has 8 heteroatoms. The van der Waals surface area contributed by atoms with Crippen molar-refractivity contribution in [3.63, 3.8) is 0 Å². The van der Waals surface area contributed by atoms with Crippen LogP contribution in [0.3, 0.4) is 0 Å². The summed E-state index contributed by atoms with van der Waals surface area (Å²) < 4.78 is 44.0. The minimum Gasteiger partial charge on any atom is -0.374 e. The standard InChI is InChI=1S/C17H19F3N2O3/c18-17(19,20)12-3-1-2-11(8-12)9-13-10-22(6-7-25-13)15(24)16(4-5-16)14(21)23/h1-3,8,13H,4-7,9-10H2,(H2,21,23)/t13-/m0/s1. The summed E-state index contributed by atoms with van der Waals surface area (Å²) in [5.41, 5.74) is 4.03. The average molecular weight is 356 g/mol. The molecule has 1 atom stereocenters. The van der Waals surface area contributed by atoms with Crippen molar-refractivity contribution in [2.75, 3.05) is 19.7 Å². The number of hydrogen-bond acceptors (Lipinski definition) is 3. The summed E-state index contributed by atoms with van der Waals surface area (Å²) in [4.78, 5) is 25.6. The lowest BCUT2D eigenvalue weighted by Crippen LogP contribution is -2.51. The van der Waals surface area contributed by atoms with Crippen molar-refractivity contribution in [2.24, 2.45) is 11.1 Å². The average Bonchev–Trinajstić information content (AvgIpc) is 3.36. The number of carbonyl (C=O) groups excluding carboxylic acids is 2. The van der Waals surface area contributed by atoms with E-state index in [1.807, 2.05) is 0 Å². The number of halogens is 3. The van der Waals surface area contributed by atoms with Gasteiger partial charge >= 0.3 is 6.18 Å². The fraction of sp³-hybridized carbons (Fsp3) is 0.529. The van der Waals surface area contributed by atoms with Crippen molar-refractivity contribution in [1.82, 2.24) is 4.90 Å². The lowest BCUT2D eigenvalue weighted by Gasteiger charge is -2.34. The minimum atomic E-state index is -4.40. The summed E-state index contributed by atoms with van der Waals surface area (Å²) >= 11 is 0. The van der Waals surface area contributed by atoms with Gasteiger partial charge in [-0.2, -0.15) is 13.2 Å². The Hall–Kier alpha value is -2.09. The van der Waals surface area contributed by atoms with Gasteiger partial charge in [0.25, 0.3) is 0 Å². The predicted molar refractivity (Wildman–Crippen MR) is 82.3 cm³/mol. The van der Waals surface area contributed by atoms with Crippen LogP contribution in [-0.4, -0.2) is 42.5 Å². The quantitative estimate of drug-likeness (QED) is 0.836. The number of amides is 2. The molecule has 1 saturated carbocycles. The van der Waals surface area contributed by atoms with Gasteiger partial charge in [-0.05, 0) is 24.5 Å². The third-order valence-corrected chi connectivity index (χ3v) is 4.77. The third kappa shape index (κ3) is 3.63. The van der Waals surface area contributed by atoms with E-state index in [2.05, 4.69) is 0 Å². The molecule has 0 radical (unpaired) electrons. The molecule has 25 heavy (non-hydrogen) atoms. The number of primary amides is 1. The number of alkyl halides is 3. The van der Waals surface area contributed by atoms with Crippen LogP contribution in [0.25, 0.3) is 0 Å². The molecular formula is C17H19F3N2O3. The number of hydrogen-bond donors (Lipinski definition) is 1. The molecule has 0 unspecified atom stereocenters. The van der Waals surface area contributed by atoms with Gasteiger partial charge in [0.15, 0.2) is 0 Å². The van der Waals surface area contributed by atoms with E-state index < -0.39 is 29.2 Å². The SMILES string of the molecule is NC(=O)C1(C(=O)N2CCO[C@@H](Cc3cccc(C(F)(F)F)c3)C2)CC1. The monoisotopic (exact) mass is 356 g/mol. The van der Waals surface area contributed by atoms with Gasteiger partial charge < -0.3 is 15.4 Å². The summed E-state index contributed by atoms with van der Waals surface area (Å²) in [7, 11) is 0. The Morgan fingerprint density at radius 3 is 2.64 bits per heavy atom. The van der Waals surface area contributed by atoms with Gasteiger partial charge in [0.05, 0.1) is 18.3 Å². The molecular weight excluding hydrogens is 337 g/mol. The van der Waals surface area contributed by atoms with Gasteiger partial charge in [-0.1, -0.05) is 18.2 Å². The lowest BCUT2D eigenvalue weighted by molar-refractivity contribution is -0.148. The van der Waals surface area contributed by atoms with Crippen LogP contribution in [0.4, 0.5) is 13.2 Å². The van der Waals surface area contributed by atoms with Gasteiger partial charge in [0.1, 0.15) is 5.41 Å². The van der Waals surface area contributed by atoms with Gasteiger partial charge in [0.2, 0.25) is 11.8 Å². The van der Waals surface area contributed by atoms with Crippen LogP contribution in [0, 0.1) is 5.41 Å². The molecule has 3 rings (SSSR count). The molecule has 2 aliphatic rings. The highest BCUT2D eigenvalue weighted by Crippen LogP contribution is 2.47. The van der Waals surface area contributed by atoms with Crippen LogP contribution in [0.5, 0.6) is 0 Å². The summed E-state index contributed by atoms with van der Waals surface area (Å²) in [5.74, 6) is -0.907. The topological polar surface area (TPSA) is 72.6 Å². The molecule has 1 saturated heterocycles. The van der Waals surface area contributed by atoms with E-state index in [-0.39, 0.29) is 25.5 Å². The molecule has 0 bridgehead atoms. The number of ether oxygens (including phenoxy) is 1. The second-order valence-corrected chi connectivity index (χ2v) is 6.59. The highest BCUT2D eigenvalue weighted by atomic mass is 19.4. The number of rotatable bonds is 4. The molecule has 1 aliphatic carbocycles. The highest BCUT2D eigenvalue weighted by molar-refractivity contribution is 6.07.